The van der Waals surface area contributed by atoms with Crippen molar-refractivity contribution in [2.45, 2.75) is 10.5 Å². The first kappa shape index (κ1) is 5.71. The summed E-state index contributed by atoms with van der Waals surface area (Å²) in [6, 6.07) is 0. The van der Waals surface area contributed by atoms with Crippen molar-refractivity contribution in [1.82, 2.24) is 0 Å². The molecule has 1 N–H and O–H groups in total. The Bertz CT molecular complexity index is 250. The van der Waals surface area contributed by atoms with Crippen LogP contribution in [-0.4, -0.2) is 21.5 Å². The van der Waals surface area contributed by atoms with E-state index in [1.165, 1.54) is 0 Å². The van der Waals surface area contributed by atoms with Crippen LogP contribution in [0.3, 0.4) is 0 Å². The van der Waals surface area contributed by atoms with Crippen molar-refractivity contribution in [3.8, 4) is 0 Å². The molecular formula is C3H2ClO4P. The van der Waals surface area contributed by atoms with Crippen LogP contribution in [0, 0.1) is 0 Å². The van der Waals surface area contributed by atoms with Crippen molar-refractivity contribution >= 4 is 24.9 Å². The molecule has 2 fully saturated rings. The highest BCUT2D eigenvalue weighted by molar-refractivity contribution is 7.80. The molecule has 3 unspecified atom stereocenters. The normalized spacial score (nSPS) is 60.3. The van der Waals surface area contributed by atoms with Crippen LogP contribution in [0.4, 0.5) is 0 Å². The van der Waals surface area contributed by atoms with Crippen LogP contribution in [0.1, 0.15) is 0 Å². The van der Waals surface area contributed by atoms with Gasteiger partial charge < -0.3 is 5.11 Å². The summed E-state index contributed by atoms with van der Waals surface area (Å²) in [7, 11) is -2.83. The molecule has 9 heavy (non-hydrogen) atoms. The number of halogens is 1. The fourth-order valence-corrected chi connectivity index (χ4v) is 3.88. The third-order valence-corrected chi connectivity index (χ3v) is 5.34. The second kappa shape index (κ2) is 1.07. The Morgan fingerprint density at radius 1 is 1.89 bits per heavy atom. The van der Waals surface area contributed by atoms with Crippen molar-refractivity contribution in [3.05, 3.63) is 0 Å². The zero-order valence-electron chi connectivity index (χ0n) is 4.07. The predicted octanol–water partition coefficient (Wildman–Crippen LogP) is 0.654. The van der Waals surface area contributed by atoms with E-state index in [1.54, 1.807) is 0 Å². The Hall–Kier alpha value is -0.0500. The van der Waals surface area contributed by atoms with Gasteiger partial charge in [0.15, 0.2) is 5.12 Å². The Morgan fingerprint density at radius 2 is 2.33 bits per heavy atom. The van der Waals surface area contributed by atoms with Crippen molar-refractivity contribution in [2.24, 2.45) is 0 Å². The first-order valence-corrected chi connectivity index (χ1v) is 4.37. The SMILES string of the molecule is O=C(O)C12OP1(=O)C2Cl. The number of rotatable bonds is 1. The number of hydrogen-bond acceptors (Lipinski definition) is 3. The minimum atomic E-state index is -2.83. The first-order valence-electron chi connectivity index (χ1n) is 2.24. The largest absolute Gasteiger partial charge is 0.479 e. The molecule has 0 radical (unpaired) electrons. The van der Waals surface area contributed by atoms with E-state index in [-0.39, 0.29) is 0 Å². The fraction of sp³-hybridized carbons (Fsp3) is 0.667. The molecule has 0 aliphatic carbocycles. The molecule has 0 aromatic carbocycles. The van der Waals surface area contributed by atoms with E-state index < -0.39 is 23.8 Å². The van der Waals surface area contributed by atoms with Crippen molar-refractivity contribution in [1.29, 1.82) is 0 Å². The number of hydrogen-bond donors (Lipinski definition) is 1. The van der Waals surface area contributed by atoms with E-state index in [9.17, 15) is 9.36 Å². The quantitative estimate of drug-likeness (QED) is 0.355. The maximum absolute atomic E-state index is 10.8. The number of aliphatic carboxylic acids is 1. The molecule has 4 nitrogen and oxygen atoms in total. The Morgan fingerprint density at radius 3 is 2.33 bits per heavy atom. The molecule has 2 saturated heterocycles. The second-order valence-corrected chi connectivity index (χ2v) is 5.32. The molecule has 0 bridgehead atoms. The molecule has 2 aliphatic heterocycles. The molecule has 0 aromatic heterocycles. The van der Waals surface area contributed by atoms with Crippen LogP contribution in [0.2, 0.25) is 0 Å². The monoisotopic (exact) mass is 168 g/mol. The molecule has 0 amide bonds. The van der Waals surface area contributed by atoms with Gasteiger partial charge in [0, 0.05) is 0 Å². The van der Waals surface area contributed by atoms with Gasteiger partial charge in [-0.25, -0.2) is 4.79 Å². The maximum Gasteiger partial charge on any atom is 0.348 e. The van der Waals surface area contributed by atoms with Crippen LogP contribution in [0.25, 0.3) is 0 Å². The Balaban J connectivity index is 2.37. The standard InChI is InChI=1S/C3H2ClO4P/c4-1-3(2(5)6)8-9(1,3)7/h1H,(H,5,6). The molecule has 2 aliphatic rings. The van der Waals surface area contributed by atoms with Gasteiger partial charge in [0.2, 0.25) is 0 Å². The highest BCUT2D eigenvalue weighted by atomic mass is 35.5. The van der Waals surface area contributed by atoms with Crippen LogP contribution in [0.15, 0.2) is 0 Å². The lowest BCUT2D eigenvalue weighted by Crippen LogP contribution is -2.18. The Kier molecular flexibility index (Phi) is 0.679. The minimum Gasteiger partial charge on any atom is -0.479 e. The highest BCUT2D eigenvalue weighted by Gasteiger charge is 2.99. The lowest BCUT2D eigenvalue weighted by atomic mass is 10.4. The van der Waals surface area contributed by atoms with Gasteiger partial charge in [-0.05, 0) is 0 Å². The number of alkyl halides is 1. The number of carboxylic acid groups (broad SMARTS) is 1. The third kappa shape index (κ3) is 0.336. The highest BCUT2D eigenvalue weighted by Crippen LogP contribution is 3.01. The average Bonchev–Trinajstić information content (AvgIpc) is 2.51. The summed E-state index contributed by atoms with van der Waals surface area (Å²) in [4.78, 5) is 10.2. The van der Waals surface area contributed by atoms with Gasteiger partial charge in [-0.1, -0.05) is 0 Å². The number of carboxylic acids is 1. The van der Waals surface area contributed by atoms with E-state index in [2.05, 4.69) is 4.52 Å². The molecule has 3 atom stereocenters. The lowest BCUT2D eigenvalue weighted by molar-refractivity contribution is -0.142. The fourth-order valence-electron chi connectivity index (χ4n) is 0.815. The van der Waals surface area contributed by atoms with Gasteiger partial charge >= 0.3 is 5.97 Å². The van der Waals surface area contributed by atoms with Crippen molar-refractivity contribution < 1.29 is 19.0 Å². The molecular weight excluding hydrogens is 166 g/mol. The van der Waals surface area contributed by atoms with Crippen LogP contribution in [-0.2, 0) is 13.9 Å². The van der Waals surface area contributed by atoms with Crippen LogP contribution in [0.5, 0.6) is 0 Å². The summed E-state index contributed by atoms with van der Waals surface area (Å²) in [5.41, 5.74) is 0. The zero-order valence-corrected chi connectivity index (χ0v) is 5.72. The average molecular weight is 168 g/mol. The molecule has 0 saturated carbocycles. The molecule has 2 rings (SSSR count). The zero-order chi connectivity index (χ0) is 6.86. The van der Waals surface area contributed by atoms with Crippen LogP contribution < -0.4 is 0 Å². The van der Waals surface area contributed by atoms with E-state index in [1.807, 2.05) is 0 Å². The minimum absolute atomic E-state index is 0.762. The summed E-state index contributed by atoms with van der Waals surface area (Å²) in [5.74, 6) is -1.20. The third-order valence-electron chi connectivity index (χ3n) is 1.57. The summed E-state index contributed by atoms with van der Waals surface area (Å²) in [6.07, 6.45) is 0. The molecule has 6 heteroatoms. The molecule has 2 heterocycles. The molecule has 0 aromatic rings. The van der Waals surface area contributed by atoms with Gasteiger partial charge in [-0.15, -0.1) is 11.6 Å². The van der Waals surface area contributed by atoms with Gasteiger partial charge in [-0.3, -0.25) is 9.09 Å². The van der Waals surface area contributed by atoms with Crippen LogP contribution >= 0.6 is 19.0 Å². The maximum atomic E-state index is 10.8. The van der Waals surface area contributed by atoms with Gasteiger partial charge in [0.25, 0.3) is 12.7 Å². The van der Waals surface area contributed by atoms with E-state index >= 15 is 0 Å². The Labute approximate surface area is 55.2 Å². The number of carbonyl (C=O) groups is 1. The van der Waals surface area contributed by atoms with Crippen molar-refractivity contribution in [3.63, 3.8) is 0 Å². The van der Waals surface area contributed by atoms with Gasteiger partial charge in [0.05, 0.1) is 0 Å². The van der Waals surface area contributed by atoms with E-state index in [0.29, 0.717) is 0 Å². The topological polar surface area (TPSA) is 66.9 Å². The van der Waals surface area contributed by atoms with E-state index in [0.717, 1.165) is 0 Å². The molecule has 0 spiro atoms. The number of fused-ring (bicyclic) bond motifs is 1. The summed E-state index contributed by atoms with van der Waals surface area (Å²) in [5, 5.41) is 6.10. The second-order valence-electron chi connectivity index (χ2n) is 2.03. The predicted molar refractivity (Wildman–Crippen MR) is 28.7 cm³/mol. The van der Waals surface area contributed by atoms with Crippen molar-refractivity contribution in [2.75, 3.05) is 0 Å². The smallest absolute Gasteiger partial charge is 0.348 e. The summed E-state index contributed by atoms with van der Waals surface area (Å²) >= 11 is 5.31. The first-order chi connectivity index (χ1) is 4.06. The summed E-state index contributed by atoms with van der Waals surface area (Å²) in [6.45, 7) is 0. The lowest BCUT2D eigenvalue weighted by Gasteiger charge is -1.91. The van der Waals surface area contributed by atoms with Gasteiger partial charge in [0.1, 0.15) is 0 Å². The molecule has 50 valence electrons. The van der Waals surface area contributed by atoms with E-state index in [4.69, 9.17) is 16.7 Å². The van der Waals surface area contributed by atoms with Gasteiger partial charge in [-0.2, -0.15) is 0 Å². The summed E-state index contributed by atoms with van der Waals surface area (Å²) < 4.78 is 15.1.